The van der Waals surface area contributed by atoms with Crippen molar-refractivity contribution in [1.82, 2.24) is 0 Å². The molecule has 1 unspecified atom stereocenters. The zero-order valence-corrected chi connectivity index (χ0v) is 8.24. The van der Waals surface area contributed by atoms with Crippen LogP contribution in [0.5, 0.6) is 0 Å². The first kappa shape index (κ1) is 14.5. The lowest BCUT2D eigenvalue weighted by molar-refractivity contribution is -0.323. The van der Waals surface area contributed by atoms with Gasteiger partial charge in [0.25, 0.3) is 0 Å². The normalized spacial score (nSPS) is 15.8. The van der Waals surface area contributed by atoms with Crippen molar-refractivity contribution in [2.75, 3.05) is 6.61 Å². The molecule has 1 atom stereocenters. The molecule has 0 bridgehead atoms. The van der Waals surface area contributed by atoms with E-state index in [2.05, 4.69) is 4.74 Å². The highest BCUT2D eigenvalue weighted by atomic mass is 19.4. The van der Waals surface area contributed by atoms with Crippen LogP contribution in [0.4, 0.5) is 26.3 Å². The molecule has 15 heavy (non-hydrogen) atoms. The van der Waals surface area contributed by atoms with Crippen LogP contribution in [-0.4, -0.2) is 25.1 Å². The zero-order valence-electron chi connectivity index (χ0n) is 8.24. The lowest BCUT2D eigenvalue weighted by Crippen LogP contribution is -2.45. The van der Waals surface area contributed by atoms with Crippen molar-refractivity contribution in [3.05, 3.63) is 0 Å². The van der Waals surface area contributed by atoms with E-state index in [1.54, 1.807) is 6.92 Å². The number of alkyl halides is 6. The smallest absolute Gasteiger partial charge is 0.361 e. The van der Waals surface area contributed by atoms with Gasteiger partial charge in [0.2, 0.25) is 6.10 Å². The number of hydrogen-bond acceptors (Lipinski definition) is 1. The van der Waals surface area contributed by atoms with E-state index in [9.17, 15) is 26.3 Å². The van der Waals surface area contributed by atoms with Crippen LogP contribution in [0.3, 0.4) is 0 Å². The van der Waals surface area contributed by atoms with Crippen molar-refractivity contribution < 1.29 is 31.1 Å². The highest BCUT2D eigenvalue weighted by Gasteiger charge is 2.57. The predicted octanol–water partition coefficient (Wildman–Crippen LogP) is 3.54. The highest BCUT2D eigenvalue weighted by Crippen LogP contribution is 2.35. The van der Waals surface area contributed by atoms with Gasteiger partial charge in [0.1, 0.15) is 0 Å². The summed E-state index contributed by atoms with van der Waals surface area (Å²) in [6.07, 6.45) is -14.0. The van der Waals surface area contributed by atoms with Gasteiger partial charge in [0.05, 0.1) is 6.61 Å². The number of halogens is 6. The summed E-state index contributed by atoms with van der Waals surface area (Å²) in [4.78, 5) is 0. The summed E-state index contributed by atoms with van der Waals surface area (Å²) in [6, 6.07) is 0. The largest absolute Gasteiger partial charge is 0.423 e. The van der Waals surface area contributed by atoms with Gasteiger partial charge in [-0.05, 0) is 5.92 Å². The molecule has 0 aliphatic carbocycles. The summed E-state index contributed by atoms with van der Waals surface area (Å²) in [5.74, 6) is -0.336. The molecule has 92 valence electrons. The molecule has 0 aliphatic heterocycles. The van der Waals surface area contributed by atoms with Crippen LogP contribution in [0.1, 0.15) is 20.3 Å². The summed E-state index contributed by atoms with van der Waals surface area (Å²) >= 11 is 0. The van der Waals surface area contributed by atoms with Crippen molar-refractivity contribution in [1.29, 1.82) is 0 Å². The molecule has 0 aromatic heterocycles. The Balaban J connectivity index is 4.42. The standard InChI is InChI=1S/C8H12F6O/c1-3-5(2)4-15-6(7(9,10)11)8(12,13)14/h5-6H,3-4H2,1-2H3. The average Bonchev–Trinajstić information content (AvgIpc) is 1.99. The number of hydrogen-bond donors (Lipinski definition) is 0. The molecule has 0 saturated heterocycles. The van der Waals surface area contributed by atoms with Gasteiger partial charge in [0.15, 0.2) is 0 Å². The van der Waals surface area contributed by atoms with Gasteiger partial charge in [0, 0.05) is 0 Å². The minimum atomic E-state index is -5.41. The van der Waals surface area contributed by atoms with Gasteiger partial charge >= 0.3 is 12.4 Å². The molecule has 0 aromatic carbocycles. The quantitative estimate of drug-likeness (QED) is 0.680. The van der Waals surface area contributed by atoms with E-state index in [1.165, 1.54) is 6.92 Å². The Kier molecular flexibility index (Phi) is 4.89. The molecule has 0 aromatic rings. The van der Waals surface area contributed by atoms with Gasteiger partial charge in [-0.2, -0.15) is 26.3 Å². The topological polar surface area (TPSA) is 9.23 Å². The summed E-state index contributed by atoms with van der Waals surface area (Å²) in [6.45, 7) is 2.62. The van der Waals surface area contributed by atoms with Gasteiger partial charge < -0.3 is 4.74 Å². The number of rotatable bonds is 4. The minimum Gasteiger partial charge on any atom is -0.361 e. The van der Waals surface area contributed by atoms with Crippen LogP contribution >= 0.6 is 0 Å². The average molecular weight is 238 g/mol. The fourth-order valence-electron chi connectivity index (χ4n) is 0.753. The van der Waals surface area contributed by atoms with Crippen LogP contribution in [0, 0.1) is 5.92 Å². The molecule has 0 rings (SSSR count). The van der Waals surface area contributed by atoms with E-state index in [-0.39, 0.29) is 5.92 Å². The van der Waals surface area contributed by atoms with Gasteiger partial charge in [-0.1, -0.05) is 20.3 Å². The molecule has 7 heteroatoms. The third kappa shape index (κ3) is 5.25. The lowest BCUT2D eigenvalue weighted by Gasteiger charge is -2.24. The minimum absolute atomic E-state index is 0.336. The molecule has 1 nitrogen and oxygen atoms in total. The van der Waals surface area contributed by atoms with Gasteiger partial charge in [-0.15, -0.1) is 0 Å². The van der Waals surface area contributed by atoms with Crippen molar-refractivity contribution in [3.8, 4) is 0 Å². The Bertz CT molecular complexity index is 171. The van der Waals surface area contributed by atoms with Gasteiger partial charge in [-0.25, -0.2) is 0 Å². The first-order chi connectivity index (χ1) is 6.59. The van der Waals surface area contributed by atoms with Crippen molar-refractivity contribution in [2.24, 2.45) is 5.92 Å². The SMILES string of the molecule is CCC(C)COC(C(F)(F)F)C(F)(F)F. The molecule has 0 saturated carbocycles. The fourth-order valence-corrected chi connectivity index (χ4v) is 0.753. The maximum atomic E-state index is 11.9. The molecular weight excluding hydrogens is 226 g/mol. The second kappa shape index (κ2) is 5.05. The van der Waals surface area contributed by atoms with E-state index < -0.39 is 25.1 Å². The number of ether oxygens (including phenoxy) is 1. The molecule has 0 amide bonds. The molecule has 0 aliphatic rings. The Labute approximate surface area is 83.4 Å². The van der Waals surface area contributed by atoms with E-state index in [4.69, 9.17) is 0 Å². The van der Waals surface area contributed by atoms with Crippen molar-refractivity contribution in [2.45, 2.75) is 38.7 Å². The Hall–Kier alpha value is -0.460. The maximum Gasteiger partial charge on any atom is 0.423 e. The monoisotopic (exact) mass is 238 g/mol. The summed E-state index contributed by atoms with van der Waals surface area (Å²) in [7, 11) is 0. The third-order valence-corrected chi connectivity index (χ3v) is 1.84. The summed E-state index contributed by atoms with van der Waals surface area (Å²) in [5, 5.41) is 0. The summed E-state index contributed by atoms with van der Waals surface area (Å²) in [5.41, 5.74) is 0. The second-order valence-corrected chi connectivity index (χ2v) is 3.31. The Morgan fingerprint density at radius 2 is 1.40 bits per heavy atom. The van der Waals surface area contributed by atoms with Crippen LogP contribution < -0.4 is 0 Å². The summed E-state index contributed by atoms with van der Waals surface area (Å²) < 4.78 is 75.4. The Morgan fingerprint density at radius 3 is 1.67 bits per heavy atom. The first-order valence-corrected chi connectivity index (χ1v) is 4.34. The van der Waals surface area contributed by atoms with Gasteiger partial charge in [-0.3, -0.25) is 0 Å². The van der Waals surface area contributed by atoms with Crippen LogP contribution in [0.25, 0.3) is 0 Å². The molecule has 0 N–H and O–H groups in total. The highest BCUT2D eigenvalue weighted by molar-refractivity contribution is 4.76. The van der Waals surface area contributed by atoms with E-state index in [0.29, 0.717) is 6.42 Å². The van der Waals surface area contributed by atoms with Crippen LogP contribution in [0.15, 0.2) is 0 Å². The first-order valence-electron chi connectivity index (χ1n) is 4.34. The fraction of sp³-hybridized carbons (Fsp3) is 1.00. The Morgan fingerprint density at radius 1 is 1.00 bits per heavy atom. The molecule has 0 spiro atoms. The molecule has 0 heterocycles. The molecule has 0 fully saturated rings. The zero-order chi connectivity index (χ0) is 12.3. The van der Waals surface area contributed by atoms with E-state index >= 15 is 0 Å². The van der Waals surface area contributed by atoms with Crippen LogP contribution in [-0.2, 0) is 4.74 Å². The molecular formula is C8H12F6O. The van der Waals surface area contributed by atoms with E-state index in [0.717, 1.165) is 0 Å². The maximum absolute atomic E-state index is 11.9. The second-order valence-electron chi connectivity index (χ2n) is 3.31. The lowest BCUT2D eigenvalue weighted by atomic mass is 10.1. The predicted molar refractivity (Wildman–Crippen MR) is 41.3 cm³/mol. The van der Waals surface area contributed by atoms with E-state index in [1.807, 2.05) is 0 Å². The third-order valence-electron chi connectivity index (χ3n) is 1.84. The molecule has 0 radical (unpaired) electrons. The van der Waals surface area contributed by atoms with Crippen molar-refractivity contribution >= 4 is 0 Å². The van der Waals surface area contributed by atoms with Crippen molar-refractivity contribution in [3.63, 3.8) is 0 Å². The van der Waals surface area contributed by atoms with Crippen LogP contribution in [0.2, 0.25) is 0 Å².